The van der Waals surface area contributed by atoms with Crippen molar-refractivity contribution >= 4 is 11.9 Å². The predicted octanol–water partition coefficient (Wildman–Crippen LogP) is -0.272. The summed E-state index contributed by atoms with van der Waals surface area (Å²) < 4.78 is 9.61. The van der Waals surface area contributed by atoms with Crippen molar-refractivity contribution in [1.29, 1.82) is 0 Å². The van der Waals surface area contributed by atoms with Crippen molar-refractivity contribution in [2.75, 3.05) is 26.9 Å². The molecule has 0 aromatic rings. The smallest absolute Gasteiger partial charge is 0.342 e. The van der Waals surface area contributed by atoms with Gasteiger partial charge in [-0.05, 0) is 13.8 Å². The molecule has 1 atom stereocenters. The van der Waals surface area contributed by atoms with Crippen LogP contribution in [0.15, 0.2) is 0 Å². The van der Waals surface area contributed by atoms with Crippen LogP contribution < -0.4 is 0 Å². The number of ether oxygens (including phenoxy) is 2. The predicted molar refractivity (Wildman–Crippen MR) is 49.7 cm³/mol. The zero-order valence-electron chi connectivity index (χ0n) is 9.11. The van der Waals surface area contributed by atoms with Crippen LogP contribution in [0.25, 0.3) is 0 Å². The van der Waals surface area contributed by atoms with Crippen LogP contribution in [0.1, 0.15) is 13.8 Å². The third kappa shape index (κ3) is 1.95. The third-order valence-corrected chi connectivity index (χ3v) is 2.14. The Balaban J connectivity index is 2.73. The van der Waals surface area contributed by atoms with Crippen LogP contribution in [0.4, 0.5) is 0 Å². The maximum Gasteiger partial charge on any atom is 0.342 e. The van der Waals surface area contributed by atoms with Crippen molar-refractivity contribution in [1.82, 2.24) is 5.06 Å². The highest BCUT2D eigenvalue weighted by atomic mass is 16.7. The maximum absolute atomic E-state index is 11.6. The number of carbonyl (C=O) groups excluding carboxylic acids is 2. The van der Waals surface area contributed by atoms with E-state index in [1.54, 1.807) is 13.8 Å². The van der Waals surface area contributed by atoms with Gasteiger partial charge in [0, 0.05) is 0 Å². The first kappa shape index (κ1) is 11.9. The minimum Gasteiger partial charge on any atom is -0.464 e. The standard InChI is InChI=1S/C9H15NO5/c1-4-14-7(11)9(6-10(9)13-3)8(12)15-5-2/h4-6H2,1-3H3. The fourth-order valence-electron chi connectivity index (χ4n) is 1.31. The average molecular weight is 217 g/mol. The van der Waals surface area contributed by atoms with E-state index in [1.165, 1.54) is 12.2 Å². The van der Waals surface area contributed by atoms with Crippen molar-refractivity contribution in [2.45, 2.75) is 19.4 Å². The second-order valence-electron chi connectivity index (χ2n) is 3.02. The van der Waals surface area contributed by atoms with Gasteiger partial charge in [0.2, 0.25) is 0 Å². The van der Waals surface area contributed by atoms with E-state index in [-0.39, 0.29) is 19.8 Å². The Morgan fingerprint density at radius 2 is 1.67 bits per heavy atom. The lowest BCUT2D eigenvalue weighted by molar-refractivity contribution is -0.170. The topological polar surface area (TPSA) is 64.8 Å². The normalized spacial score (nSPS) is 21.9. The molecule has 6 heteroatoms. The van der Waals surface area contributed by atoms with Crippen molar-refractivity contribution in [3.63, 3.8) is 0 Å². The molecule has 15 heavy (non-hydrogen) atoms. The van der Waals surface area contributed by atoms with Crippen molar-refractivity contribution < 1.29 is 23.9 Å². The van der Waals surface area contributed by atoms with Gasteiger partial charge in [-0.15, -0.1) is 0 Å². The van der Waals surface area contributed by atoms with E-state index in [4.69, 9.17) is 14.3 Å². The lowest BCUT2D eigenvalue weighted by atomic mass is 10.1. The largest absolute Gasteiger partial charge is 0.464 e. The summed E-state index contributed by atoms with van der Waals surface area (Å²) in [5, 5.41) is 1.24. The van der Waals surface area contributed by atoms with E-state index >= 15 is 0 Å². The average Bonchev–Trinajstić information content (AvgIpc) is 2.94. The highest BCUT2D eigenvalue weighted by molar-refractivity contribution is 6.08. The molecule has 1 heterocycles. The number of carbonyl (C=O) groups is 2. The second-order valence-corrected chi connectivity index (χ2v) is 3.02. The van der Waals surface area contributed by atoms with E-state index < -0.39 is 17.5 Å². The summed E-state index contributed by atoms with van der Waals surface area (Å²) in [7, 11) is 1.39. The third-order valence-electron chi connectivity index (χ3n) is 2.14. The highest BCUT2D eigenvalue weighted by Crippen LogP contribution is 2.34. The number of nitrogens with zero attached hydrogens (tertiary/aromatic N) is 1. The van der Waals surface area contributed by atoms with Gasteiger partial charge in [-0.2, -0.15) is 5.06 Å². The minimum absolute atomic E-state index is 0.182. The van der Waals surface area contributed by atoms with Crippen molar-refractivity contribution in [3.05, 3.63) is 0 Å². The molecule has 6 nitrogen and oxygen atoms in total. The molecule has 0 aromatic heterocycles. The van der Waals surface area contributed by atoms with Gasteiger partial charge < -0.3 is 14.3 Å². The van der Waals surface area contributed by atoms with Crippen LogP contribution in [0.2, 0.25) is 0 Å². The fraction of sp³-hybridized carbons (Fsp3) is 0.778. The SMILES string of the molecule is CCOC(=O)C1(C(=O)OCC)CN1OC. The van der Waals surface area contributed by atoms with Gasteiger partial charge >= 0.3 is 11.9 Å². The summed E-state index contributed by atoms with van der Waals surface area (Å²) in [5.41, 5.74) is -1.37. The zero-order valence-corrected chi connectivity index (χ0v) is 9.11. The minimum atomic E-state index is -1.37. The molecule has 0 spiro atoms. The molecule has 1 rings (SSSR count). The number of hydrogen-bond acceptors (Lipinski definition) is 6. The molecule has 1 fully saturated rings. The zero-order chi connectivity index (χ0) is 11.5. The van der Waals surface area contributed by atoms with Gasteiger partial charge in [0.25, 0.3) is 5.54 Å². The highest BCUT2D eigenvalue weighted by Gasteiger charge is 2.68. The molecule has 0 saturated carbocycles. The Morgan fingerprint density at radius 3 is 1.93 bits per heavy atom. The lowest BCUT2D eigenvalue weighted by Crippen LogP contribution is -2.41. The monoisotopic (exact) mass is 217 g/mol. The Morgan fingerprint density at radius 1 is 1.20 bits per heavy atom. The van der Waals surface area contributed by atoms with Crippen molar-refractivity contribution in [3.8, 4) is 0 Å². The van der Waals surface area contributed by atoms with Crippen molar-refractivity contribution in [2.24, 2.45) is 0 Å². The molecule has 86 valence electrons. The summed E-state index contributed by atoms with van der Waals surface area (Å²) in [6, 6.07) is 0. The van der Waals surface area contributed by atoms with E-state index in [0.29, 0.717) is 0 Å². The van der Waals surface area contributed by atoms with Gasteiger partial charge in [-0.3, -0.25) is 0 Å². The van der Waals surface area contributed by atoms with Gasteiger partial charge in [0.1, 0.15) is 0 Å². The van der Waals surface area contributed by atoms with E-state index in [0.717, 1.165) is 0 Å². The molecule has 0 bridgehead atoms. The number of esters is 2. The second kappa shape index (κ2) is 4.59. The summed E-state index contributed by atoms with van der Waals surface area (Å²) in [5.74, 6) is -1.24. The van der Waals surface area contributed by atoms with Crippen LogP contribution in [0, 0.1) is 0 Å². The van der Waals surface area contributed by atoms with Gasteiger partial charge in [0.05, 0.1) is 26.9 Å². The quantitative estimate of drug-likeness (QED) is 0.359. The Bertz CT molecular complexity index is 247. The Hall–Kier alpha value is -1.14. The van der Waals surface area contributed by atoms with Crippen LogP contribution in [-0.4, -0.2) is 49.4 Å². The van der Waals surface area contributed by atoms with Gasteiger partial charge in [-0.25, -0.2) is 9.59 Å². The molecule has 1 aliphatic heterocycles. The molecular formula is C9H15NO5. The van der Waals surface area contributed by atoms with Crippen LogP contribution in [0.5, 0.6) is 0 Å². The lowest BCUT2D eigenvalue weighted by Gasteiger charge is -2.13. The molecule has 0 radical (unpaired) electrons. The molecule has 1 aliphatic rings. The van der Waals surface area contributed by atoms with E-state index in [1.807, 2.05) is 0 Å². The first-order chi connectivity index (χ1) is 7.13. The first-order valence-corrected chi connectivity index (χ1v) is 4.79. The fourth-order valence-corrected chi connectivity index (χ4v) is 1.31. The summed E-state index contributed by atoms with van der Waals surface area (Å²) in [6.45, 7) is 3.98. The van der Waals surface area contributed by atoms with Crippen LogP contribution in [0.3, 0.4) is 0 Å². The van der Waals surface area contributed by atoms with Crippen LogP contribution >= 0.6 is 0 Å². The molecule has 0 aliphatic carbocycles. The molecule has 1 saturated heterocycles. The van der Waals surface area contributed by atoms with Gasteiger partial charge in [0.15, 0.2) is 0 Å². The number of hydroxylamine groups is 2. The first-order valence-electron chi connectivity index (χ1n) is 4.79. The molecular weight excluding hydrogens is 202 g/mol. The maximum atomic E-state index is 11.6. The number of rotatable bonds is 5. The number of hydrogen-bond donors (Lipinski definition) is 0. The van der Waals surface area contributed by atoms with Crippen LogP contribution in [-0.2, 0) is 23.9 Å². The summed E-state index contributed by atoms with van der Waals surface area (Å²) in [6.07, 6.45) is 0. The summed E-state index contributed by atoms with van der Waals surface area (Å²) >= 11 is 0. The Labute approximate surface area is 88.0 Å². The van der Waals surface area contributed by atoms with E-state index in [9.17, 15) is 9.59 Å². The van der Waals surface area contributed by atoms with E-state index in [2.05, 4.69) is 0 Å². The molecule has 0 N–H and O–H groups in total. The van der Waals surface area contributed by atoms with Gasteiger partial charge in [-0.1, -0.05) is 0 Å². The molecule has 1 unspecified atom stereocenters. The molecule has 0 aromatic carbocycles. The Kier molecular flexibility index (Phi) is 3.65. The molecule has 0 amide bonds. The summed E-state index contributed by atoms with van der Waals surface area (Å²) in [4.78, 5) is 28.0.